The molecule has 0 saturated carbocycles. The normalized spacial score (nSPS) is 14.8. The highest BCUT2D eigenvalue weighted by atomic mass is 35.5. The van der Waals surface area contributed by atoms with Gasteiger partial charge in [0.05, 0.1) is 31.0 Å². The summed E-state index contributed by atoms with van der Waals surface area (Å²) in [4.78, 5) is 27.8. The van der Waals surface area contributed by atoms with Crippen molar-refractivity contribution < 1.29 is 23.8 Å². The summed E-state index contributed by atoms with van der Waals surface area (Å²) in [5, 5.41) is 0.558. The second kappa shape index (κ2) is 11.1. The zero-order valence-corrected chi connectivity index (χ0v) is 20.1. The predicted octanol–water partition coefficient (Wildman–Crippen LogP) is 5.79. The standard InChI is InChI=1S/C26H28ClNO5/c1-5-14-33-22-13-8-18(16-23(22)31-6-2)15-21-24(26(30)32-7-3)17(4)28(25(21)29)20-11-9-19(27)10-12-20/h8-13,15-16H,5-7,14H2,1-4H3/b21-15-. The Kier molecular flexibility index (Phi) is 8.17. The van der Waals surface area contributed by atoms with Gasteiger partial charge < -0.3 is 14.2 Å². The van der Waals surface area contributed by atoms with Crippen molar-refractivity contribution in [3.8, 4) is 11.5 Å². The smallest absolute Gasteiger partial charge is 0.340 e. The number of halogens is 1. The van der Waals surface area contributed by atoms with Gasteiger partial charge in [-0.25, -0.2) is 4.79 Å². The quantitative estimate of drug-likeness (QED) is 0.343. The van der Waals surface area contributed by atoms with E-state index in [0.717, 1.165) is 6.42 Å². The zero-order chi connectivity index (χ0) is 24.0. The molecule has 1 aliphatic rings. The molecule has 0 fully saturated rings. The minimum atomic E-state index is -0.543. The van der Waals surface area contributed by atoms with Crippen LogP contribution in [0.3, 0.4) is 0 Å². The molecule has 174 valence electrons. The van der Waals surface area contributed by atoms with Crippen molar-refractivity contribution in [2.24, 2.45) is 0 Å². The molecule has 2 aromatic carbocycles. The summed E-state index contributed by atoms with van der Waals surface area (Å²) in [7, 11) is 0. The Hall–Kier alpha value is -3.25. The maximum absolute atomic E-state index is 13.5. The minimum Gasteiger partial charge on any atom is -0.490 e. The number of carbonyl (C=O) groups is 2. The van der Waals surface area contributed by atoms with Crippen LogP contribution in [0, 0.1) is 0 Å². The number of esters is 1. The average Bonchev–Trinajstić information content (AvgIpc) is 3.03. The molecule has 0 radical (unpaired) electrons. The molecule has 0 bridgehead atoms. The topological polar surface area (TPSA) is 65.1 Å². The first-order valence-corrected chi connectivity index (χ1v) is 11.4. The van der Waals surface area contributed by atoms with E-state index in [4.69, 9.17) is 25.8 Å². The highest BCUT2D eigenvalue weighted by molar-refractivity contribution is 6.30. The first-order chi connectivity index (χ1) is 15.9. The Balaban J connectivity index is 2.07. The second-order valence-corrected chi connectivity index (χ2v) is 7.78. The molecule has 0 atom stereocenters. The van der Waals surface area contributed by atoms with Crippen LogP contribution in [-0.2, 0) is 14.3 Å². The Morgan fingerprint density at radius 1 is 1.00 bits per heavy atom. The predicted molar refractivity (Wildman–Crippen MR) is 130 cm³/mol. The van der Waals surface area contributed by atoms with Gasteiger partial charge in [-0.1, -0.05) is 24.6 Å². The van der Waals surface area contributed by atoms with Gasteiger partial charge in [-0.2, -0.15) is 0 Å². The van der Waals surface area contributed by atoms with Crippen molar-refractivity contribution in [2.45, 2.75) is 34.1 Å². The van der Waals surface area contributed by atoms with Crippen molar-refractivity contribution in [2.75, 3.05) is 24.7 Å². The maximum Gasteiger partial charge on any atom is 0.340 e. The lowest BCUT2D eigenvalue weighted by Gasteiger charge is -2.18. The summed E-state index contributed by atoms with van der Waals surface area (Å²) in [6.07, 6.45) is 2.56. The number of rotatable bonds is 9. The third kappa shape index (κ3) is 5.40. The number of hydrogen-bond acceptors (Lipinski definition) is 5. The Bertz CT molecular complexity index is 1090. The van der Waals surface area contributed by atoms with E-state index in [2.05, 4.69) is 0 Å². The number of hydrogen-bond donors (Lipinski definition) is 0. The summed E-state index contributed by atoms with van der Waals surface area (Å²) in [5.41, 5.74) is 2.32. The van der Waals surface area contributed by atoms with Gasteiger partial charge in [0.25, 0.3) is 5.91 Å². The number of allylic oxidation sites excluding steroid dienone is 1. The first-order valence-electron chi connectivity index (χ1n) is 11.0. The largest absolute Gasteiger partial charge is 0.490 e. The van der Waals surface area contributed by atoms with Crippen LogP contribution in [0.1, 0.15) is 39.7 Å². The van der Waals surface area contributed by atoms with Gasteiger partial charge in [-0.05, 0) is 75.2 Å². The molecule has 6 nitrogen and oxygen atoms in total. The molecule has 7 heteroatoms. The summed E-state index contributed by atoms with van der Waals surface area (Å²) in [5.74, 6) is 0.360. The van der Waals surface area contributed by atoms with E-state index < -0.39 is 5.97 Å². The zero-order valence-electron chi connectivity index (χ0n) is 19.3. The lowest BCUT2D eigenvalue weighted by Crippen LogP contribution is -2.24. The molecule has 33 heavy (non-hydrogen) atoms. The van der Waals surface area contributed by atoms with Gasteiger partial charge in [0, 0.05) is 16.4 Å². The molecule has 0 unspecified atom stereocenters. The fraction of sp³-hybridized carbons (Fsp3) is 0.308. The van der Waals surface area contributed by atoms with E-state index in [9.17, 15) is 9.59 Å². The molecule has 1 aliphatic heterocycles. The monoisotopic (exact) mass is 469 g/mol. The Morgan fingerprint density at radius 2 is 1.73 bits per heavy atom. The number of nitrogens with zero attached hydrogens (tertiary/aromatic N) is 1. The van der Waals surface area contributed by atoms with Crippen LogP contribution in [0.2, 0.25) is 5.02 Å². The van der Waals surface area contributed by atoms with E-state index in [-0.39, 0.29) is 23.7 Å². The lowest BCUT2D eigenvalue weighted by molar-refractivity contribution is -0.138. The van der Waals surface area contributed by atoms with Gasteiger partial charge in [-0.3, -0.25) is 9.69 Å². The SMILES string of the molecule is CCCOc1ccc(/C=C2\C(=O)N(c3ccc(Cl)cc3)C(C)=C2C(=O)OCC)cc1OCC. The van der Waals surface area contributed by atoms with Crippen LogP contribution in [0.25, 0.3) is 6.08 Å². The van der Waals surface area contributed by atoms with Crippen LogP contribution in [0.4, 0.5) is 5.69 Å². The van der Waals surface area contributed by atoms with Gasteiger partial charge >= 0.3 is 5.97 Å². The molecule has 0 aromatic heterocycles. The van der Waals surface area contributed by atoms with Crippen LogP contribution >= 0.6 is 11.6 Å². The molecule has 0 N–H and O–H groups in total. The van der Waals surface area contributed by atoms with Crippen molar-refractivity contribution >= 4 is 35.2 Å². The first kappa shape index (κ1) is 24.4. The molecule has 3 rings (SSSR count). The molecule has 0 aliphatic carbocycles. The number of ether oxygens (including phenoxy) is 3. The molecule has 2 aromatic rings. The van der Waals surface area contributed by atoms with Crippen molar-refractivity contribution in [3.05, 3.63) is 69.9 Å². The summed E-state index contributed by atoms with van der Waals surface area (Å²) < 4.78 is 16.8. The van der Waals surface area contributed by atoms with Gasteiger partial charge in [0.1, 0.15) is 0 Å². The fourth-order valence-corrected chi connectivity index (χ4v) is 3.69. The van der Waals surface area contributed by atoms with Crippen molar-refractivity contribution in [3.63, 3.8) is 0 Å². The van der Waals surface area contributed by atoms with Crippen molar-refractivity contribution in [1.82, 2.24) is 0 Å². The van der Waals surface area contributed by atoms with Crippen molar-refractivity contribution in [1.29, 1.82) is 0 Å². The van der Waals surface area contributed by atoms with Gasteiger partial charge in [-0.15, -0.1) is 0 Å². The Labute approximate surface area is 199 Å². The highest BCUT2D eigenvalue weighted by Crippen LogP contribution is 2.37. The minimum absolute atomic E-state index is 0.204. The van der Waals surface area contributed by atoms with Crippen LogP contribution in [0.5, 0.6) is 11.5 Å². The summed E-state index contributed by atoms with van der Waals surface area (Å²) in [6.45, 7) is 8.63. The van der Waals surface area contributed by atoms with E-state index in [1.165, 1.54) is 4.90 Å². The second-order valence-electron chi connectivity index (χ2n) is 7.34. The number of amides is 1. The molecule has 0 saturated heterocycles. The fourth-order valence-electron chi connectivity index (χ4n) is 3.56. The molecule has 1 amide bonds. The average molecular weight is 470 g/mol. The van der Waals surface area contributed by atoms with E-state index in [1.807, 2.05) is 26.0 Å². The molecular weight excluding hydrogens is 442 g/mol. The summed E-state index contributed by atoms with van der Waals surface area (Å²) in [6, 6.07) is 12.3. The number of anilines is 1. The van der Waals surface area contributed by atoms with Crippen LogP contribution in [-0.4, -0.2) is 31.7 Å². The molecular formula is C26H28ClNO5. The van der Waals surface area contributed by atoms with E-state index in [1.54, 1.807) is 50.3 Å². The summed E-state index contributed by atoms with van der Waals surface area (Å²) >= 11 is 6.01. The number of carbonyl (C=O) groups excluding carboxylic acids is 2. The van der Waals surface area contributed by atoms with Crippen LogP contribution in [0.15, 0.2) is 59.3 Å². The van der Waals surface area contributed by atoms with Gasteiger partial charge in [0.2, 0.25) is 0 Å². The molecule has 1 heterocycles. The van der Waals surface area contributed by atoms with Gasteiger partial charge in [0.15, 0.2) is 11.5 Å². The Morgan fingerprint density at radius 3 is 2.36 bits per heavy atom. The third-order valence-electron chi connectivity index (χ3n) is 5.00. The highest BCUT2D eigenvalue weighted by Gasteiger charge is 2.38. The third-order valence-corrected chi connectivity index (χ3v) is 5.26. The maximum atomic E-state index is 13.5. The number of benzene rings is 2. The lowest BCUT2D eigenvalue weighted by atomic mass is 10.0. The van der Waals surface area contributed by atoms with Crippen LogP contribution < -0.4 is 14.4 Å². The van der Waals surface area contributed by atoms with E-state index in [0.29, 0.717) is 46.7 Å². The van der Waals surface area contributed by atoms with E-state index >= 15 is 0 Å². The molecule has 0 spiro atoms.